The second kappa shape index (κ2) is 5.87. The summed E-state index contributed by atoms with van der Waals surface area (Å²) in [5.74, 6) is 0.755. The zero-order chi connectivity index (χ0) is 12.1. The Kier molecular flexibility index (Phi) is 4.77. The van der Waals surface area contributed by atoms with Crippen LogP contribution >= 0.6 is 0 Å². The fraction of sp³-hybridized carbons (Fsp3) is 0.538. The fourth-order valence-electron chi connectivity index (χ4n) is 1.78. The van der Waals surface area contributed by atoms with E-state index < -0.39 is 6.10 Å². The van der Waals surface area contributed by atoms with Crippen LogP contribution in [0.25, 0.3) is 0 Å². The van der Waals surface area contributed by atoms with Crippen LogP contribution in [0.4, 0.5) is 0 Å². The van der Waals surface area contributed by atoms with Crippen LogP contribution in [0.3, 0.4) is 0 Å². The van der Waals surface area contributed by atoms with Gasteiger partial charge in [0.25, 0.3) is 0 Å². The van der Waals surface area contributed by atoms with Gasteiger partial charge in [0, 0.05) is 12.2 Å². The normalized spacial score (nSPS) is 12.6. The third kappa shape index (κ3) is 2.74. The van der Waals surface area contributed by atoms with E-state index >= 15 is 0 Å². The summed E-state index contributed by atoms with van der Waals surface area (Å²) in [6.45, 7) is 4.10. The summed E-state index contributed by atoms with van der Waals surface area (Å²) in [5.41, 5.74) is 3.01. The first-order chi connectivity index (χ1) is 7.61. The summed E-state index contributed by atoms with van der Waals surface area (Å²) in [6, 6.07) is 3.87. The fourth-order valence-corrected chi connectivity index (χ4v) is 1.78. The molecule has 16 heavy (non-hydrogen) atoms. The molecule has 0 fully saturated rings. The molecule has 0 aromatic heterocycles. The number of methoxy groups -OCH3 is 1. The predicted molar refractivity (Wildman–Crippen MR) is 63.7 cm³/mol. The Morgan fingerprint density at radius 3 is 2.56 bits per heavy atom. The summed E-state index contributed by atoms with van der Waals surface area (Å²) in [5, 5.41) is 18.7. The summed E-state index contributed by atoms with van der Waals surface area (Å²) in [4.78, 5) is 0. The second-order valence-electron chi connectivity index (χ2n) is 4.01. The van der Waals surface area contributed by atoms with Crippen LogP contribution in [0.2, 0.25) is 0 Å². The third-order valence-electron chi connectivity index (χ3n) is 2.91. The Balaban J connectivity index is 2.99. The first-order valence-corrected chi connectivity index (χ1v) is 5.54. The Morgan fingerprint density at radius 1 is 1.31 bits per heavy atom. The lowest BCUT2D eigenvalue weighted by Gasteiger charge is -2.17. The second-order valence-corrected chi connectivity index (χ2v) is 4.01. The molecule has 0 saturated heterocycles. The largest absolute Gasteiger partial charge is 0.496 e. The number of aliphatic hydroxyl groups is 2. The molecular weight excluding hydrogens is 204 g/mol. The van der Waals surface area contributed by atoms with Crippen LogP contribution in [0.5, 0.6) is 5.75 Å². The highest BCUT2D eigenvalue weighted by molar-refractivity contribution is 5.46. The third-order valence-corrected chi connectivity index (χ3v) is 2.91. The van der Waals surface area contributed by atoms with Gasteiger partial charge in [0.2, 0.25) is 0 Å². The lowest BCUT2D eigenvalue weighted by Crippen LogP contribution is -2.04. The first kappa shape index (κ1) is 13.0. The van der Waals surface area contributed by atoms with Gasteiger partial charge >= 0.3 is 0 Å². The number of hydrogen-bond acceptors (Lipinski definition) is 3. The van der Waals surface area contributed by atoms with Gasteiger partial charge in [-0.15, -0.1) is 0 Å². The highest BCUT2D eigenvalue weighted by Gasteiger charge is 2.15. The topological polar surface area (TPSA) is 49.7 Å². The maximum atomic E-state index is 9.99. The molecule has 0 amide bonds. The Hall–Kier alpha value is -1.06. The highest BCUT2D eigenvalue weighted by atomic mass is 16.5. The maximum absolute atomic E-state index is 9.99. The molecule has 0 saturated carbocycles. The molecule has 0 aliphatic rings. The van der Waals surface area contributed by atoms with Crippen molar-refractivity contribution in [2.24, 2.45) is 0 Å². The van der Waals surface area contributed by atoms with E-state index in [1.807, 2.05) is 26.0 Å². The van der Waals surface area contributed by atoms with Crippen LogP contribution < -0.4 is 4.74 Å². The smallest absolute Gasteiger partial charge is 0.127 e. The van der Waals surface area contributed by atoms with E-state index in [1.165, 1.54) is 0 Å². The molecule has 3 heteroatoms. The standard InChI is InChI=1S/C13H20O3/c1-9-6-7-11(12(15)5-4-8-14)13(16-3)10(9)2/h6-7,12,14-15H,4-5,8H2,1-3H3. The van der Waals surface area contributed by atoms with Gasteiger partial charge in [0.05, 0.1) is 13.2 Å². The summed E-state index contributed by atoms with van der Waals surface area (Å²) in [6.07, 6.45) is 0.577. The molecule has 0 spiro atoms. The Bertz CT molecular complexity index is 347. The van der Waals surface area contributed by atoms with Crippen molar-refractivity contribution in [2.45, 2.75) is 32.8 Å². The SMILES string of the molecule is COc1c(C(O)CCCO)ccc(C)c1C. The van der Waals surface area contributed by atoms with Crippen molar-refractivity contribution in [3.8, 4) is 5.75 Å². The van der Waals surface area contributed by atoms with Crippen molar-refractivity contribution in [2.75, 3.05) is 13.7 Å². The average molecular weight is 224 g/mol. The molecule has 1 rings (SSSR count). The van der Waals surface area contributed by atoms with Crippen molar-refractivity contribution < 1.29 is 14.9 Å². The van der Waals surface area contributed by atoms with Crippen molar-refractivity contribution in [1.82, 2.24) is 0 Å². The number of aryl methyl sites for hydroxylation is 1. The van der Waals surface area contributed by atoms with Crippen LogP contribution in [-0.2, 0) is 0 Å². The van der Waals surface area contributed by atoms with Crippen molar-refractivity contribution >= 4 is 0 Å². The zero-order valence-corrected chi connectivity index (χ0v) is 10.2. The quantitative estimate of drug-likeness (QED) is 0.805. The molecule has 1 aromatic carbocycles. The Morgan fingerprint density at radius 2 is 2.00 bits per heavy atom. The maximum Gasteiger partial charge on any atom is 0.127 e. The van der Waals surface area contributed by atoms with Crippen molar-refractivity contribution in [3.05, 3.63) is 28.8 Å². The van der Waals surface area contributed by atoms with Gasteiger partial charge < -0.3 is 14.9 Å². The van der Waals surface area contributed by atoms with Gasteiger partial charge in [-0.3, -0.25) is 0 Å². The van der Waals surface area contributed by atoms with Gasteiger partial charge in [-0.25, -0.2) is 0 Å². The molecule has 1 atom stereocenters. The first-order valence-electron chi connectivity index (χ1n) is 5.54. The summed E-state index contributed by atoms with van der Waals surface area (Å²) < 4.78 is 5.34. The van der Waals surface area contributed by atoms with Gasteiger partial charge in [-0.1, -0.05) is 12.1 Å². The van der Waals surface area contributed by atoms with Gasteiger partial charge in [-0.05, 0) is 37.8 Å². The molecule has 1 aromatic rings. The van der Waals surface area contributed by atoms with E-state index in [2.05, 4.69) is 0 Å². The average Bonchev–Trinajstić information content (AvgIpc) is 2.29. The van der Waals surface area contributed by atoms with E-state index in [9.17, 15) is 5.11 Å². The van der Waals surface area contributed by atoms with Crippen molar-refractivity contribution in [1.29, 1.82) is 0 Å². The molecule has 2 N–H and O–H groups in total. The van der Waals surface area contributed by atoms with E-state index in [4.69, 9.17) is 9.84 Å². The van der Waals surface area contributed by atoms with Crippen LogP contribution in [0.15, 0.2) is 12.1 Å². The van der Waals surface area contributed by atoms with Gasteiger partial charge in [-0.2, -0.15) is 0 Å². The van der Waals surface area contributed by atoms with Crippen LogP contribution in [0.1, 0.15) is 35.6 Å². The highest BCUT2D eigenvalue weighted by Crippen LogP contribution is 2.32. The number of aliphatic hydroxyl groups excluding tert-OH is 2. The lowest BCUT2D eigenvalue weighted by molar-refractivity contribution is 0.148. The molecule has 0 heterocycles. The molecule has 90 valence electrons. The number of hydrogen-bond donors (Lipinski definition) is 2. The predicted octanol–water partition coefficient (Wildman–Crippen LogP) is 2.12. The van der Waals surface area contributed by atoms with Gasteiger partial charge in [0.1, 0.15) is 5.75 Å². The molecule has 0 aliphatic heterocycles. The number of ether oxygens (including phenoxy) is 1. The number of rotatable bonds is 5. The van der Waals surface area contributed by atoms with Crippen LogP contribution in [-0.4, -0.2) is 23.9 Å². The number of benzene rings is 1. The molecule has 3 nitrogen and oxygen atoms in total. The van der Waals surface area contributed by atoms with Crippen LogP contribution in [0, 0.1) is 13.8 Å². The summed E-state index contributed by atoms with van der Waals surface area (Å²) in [7, 11) is 1.62. The van der Waals surface area contributed by atoms with E-state index in [0.717, 1.165) is 22.4 Å². The van der Waals surface area contributed by atoms with Gasteiger partial charge in [0.15, 0.2) is 0 Å². The molecule has 0 radical (unpaired) electrons. The molecule has 0 aliphatic carbocycles. The van der Waals surface area contributed by atoms with Crippen molar-refractivity contribution in [3.63, 3.8) is 0 Å². The molecular formula is C13H20O3. The molecule has 0 bridgehead atoms. The van der Waals surface area contributed by atoms with E-state index in [0.29, 0.717) is 12.8 Å². The Labute approximate surface area is 96.7 Å². The molecule has 1 unspecified atom stereocenters. The zero-order valence-electron chi connectivity index (χ0n) is 10.2. The summed E-state index contributed by atoms with van der Waals surface area (Å²) >= 11 is 0. The van der Waals surface area contributed by atoms with E-state index in [1.54, 1.807) is 7.11 Å². The minimum Gasteiger partial charge on any atom is -0.496 e. The monoisotopic (exact) mass is 224 g/mol. The minimum atomic E-state index is -0.568. The van der Waals surface area contributed by atoms with E-state index in [-0.39, 0.29) is 6.61 Å². The minimum absolute atomic E-state index is 0.101. The lowest BCUT2D eigenvalue weighted by atomic mass is 9.98.